The SMILES string of the molecule is Cc1nc(NS(=O)(=O)c2ccc(C#N)cc2Cl)sc1C. The summed E-state index contributed by atoms with van der Waals surface area (Å²) in [6.45, 7) is 3.66. The third-order valence-electron chi connectivity index (χ3n) is 2.60. The molecule has 1 N–H and O–H groups in total. The second-order valence-electron chi connectivity index (χ2n) is 4.02. The highest BCUT2D eigenvalue weighted by atomic mass is 35.5. The molecule has 0 unspecified atom stereocenters. The fourth-order valence-electron chi connectivity index (χ4n) is 1.47. The van der Waals surface area contributed by atoms with Gasteiger partial charge in [0.2, 0.25) is 0 Å². The molecule has 2 rings (SSSR count). The average molecular weight is 328 g/mol. The smallest absolute Gasteiger partial charge is 0.255 e. The lowest BCUT2D eigenvalue weighted by Gasteiger charge is -2.07. The molecule has 0 aliphatic rings. The van der Waals surface area contributed by atoms with E-state index in [-0.39, 0.29) is 9.92 Å². The van der Waals surface area contributed by atoms with Crippen molar-refractivity contribution in [1.29, 1.82) is 5.26 Å². The predicted octanol–water partition coefficient (Wildman–Crippen LogP) is 3.09. The van der Waals surface area contributed by atoms with Gasteiger partial charge in [-0.2, -0.15) is 5.26 Å². The second kappa shape index (κ2) is 5.40. The molecule has 0 fully saturated rings. The minimum atomic E-state index is -3.82. The highest BCUT2D eigenvalue weighted by Crippen LogP contribution is 2.27. The summed E-state index contributed by atoms with van der Waals surface area (Å²) in [4.78, 5) is 4.98. The fourth-order valence-corrected chi connectivity index (χ4v) is 4.07. The van der Waals surface area contributed by atoms with Crippen LogP contribution in [-0.4, -0.2) is 13.4 Å². The van der Waals surface area contributed by atoms with Crippen LogP contribution in [0.25, 0.3) is 0 Å². The third-order valence-corrected chi connectivity index (χ3v) is 5.54. The van der Waals surface area contributed by atoms with Gasteiger partial charge >= 0.3 is 0 Å². The summed E-state index contributed by atoms with van der Waals surface area (Å²) < 4.78 is 26.8. The second-order valence-corrected chi connectivity index (χ2v) is 7.28. The Kier molecular flexibility index (Phi) is 3.99. The number of hydrogen-bond donors (Lipinski definition) is 1. The molecule has 1 aromatic carbocycles. The van der Waals surface area contributed by atoms with Crippen LogP contribution in [0.4, 0.5) is 5.13 Å². The highest BCUT2D eigenvalue weighted by Gasteiger charge is 2.20. The van der Waals surface area contributed by atoms with Gasteiger partial charge in [-0.05, 0) is 32.0 Å². The summed E-state index contributed by atoms with van der Waals surface area (Å²) in [5.74, 6) is 0. The van der Waals surface area contributed by atoms with Crippen LogP contribution in [-0.2, 0) is 10.0 Å². The van der Waals surface area contributed by atoms with Crippen LogP contribution in [0.1, 0.15) is 16.1 Å². The van der Waals surface area contributed by atoms with E-state index in [1.54, 1.807) is 6.92 Å². The maximum Gasteiger partial charge on any atom is 0.265 e. The van der Waals surface area contributed by atoms with Gasteiger partial charge in [0.25, 0.3) is 10.0 Å². The molecule has 0 aliphatic heterocycles. The molecule has 0 bridgehead atoms. The molecule has 2 aromatic rings. The number of sulfonamides is 1. The first-order valence-corrected chi connectivity index (χ1v) is 8.18. The minimum absolute atomic E-state index is 0.00144. The molecule has 0 saturated heterocycles. The highest BCUT2D eigenvalue weighted by molar-refractivity contribution is 7.93. The van der Waals surface area contributed by atoms with Crippen molar-refractivity contribution in [2.75, 3.05) is 4.72 Å². The van der Waals surface area contributed by atoms with Crippen molar-refractivity contribution < 1.29 is 8.42 Å². The number of benzene rings is 1. The topological polar surface area (TPSA) is 82.8 Å². The number of aryl methyl sites for hydroxylation is 2. The summed E-state index contributed by atoms with van der Waals surface area (Å²) in [7, 11) is -3.82. The van der Waals surface area contributed by atoms with E-state index >= 15 is 0 Å². The molecule has 20 heavy (non-hydrogen) atoms. The summed E-state index contributed by atoms with van der Waals surface area (Å²) in [5, 5.41) is 9.04. The van der Waals surface area contributed by atoms with Crippen LogP contribution in [0.2, 0.25) is 5.02 Å². The van der Waals surface area contributed by atoms with Gasteiger partial charge in [-0.3, -0.25) is 4.72 Å². The largest absolute Gasteiger partial charge is 0.265 e. The van der Waals surface area contributed by atoms with Crippen molar-refractivity contribution in [2.45, 2.75) is 18.7 Å². The summed E-state index contributed by atoms with van der Waals surface area (Å²) in [6.07, 6.45) is 0. The van der Waals surface area contributed by atoms with Crippen LogP contribution in [0.15, 0.2) is 23.1 Å². The molecule has 104 valence electrons. The van der Waals surface area contributed by atoms with Gasteiger partial charge in [-0.1, -0.05) is 11.6 Å². The molecule has 0 radical (unpaired) electrons. The van der Waals surface area contributed by atoms with E-state index in [2.05, 4.69) is 9.71 Å². The first-order valence-electron chi connectivity index (χ1n) is 5.50. The minimum Gasteiger partial charge on any atom is -0.255 e. The number of hydrogen-bond acceptors (Lipinski definition) is 5. The third kappa shape index (κ3) is 2.93. The Morgan fingerprint density at radius 2 is 2.10 bits per heavy atom. The molecule has 1 aromatic heterocycles. The summed E-state index contributed by atoms with van der Waals surface area (Å²) in [6, 6.07) is 5.91. The molecule has 5 nitrogen and oxygen atoms in total. The lowest BCUT2D eigenvalue weighted by atomic mass is 10.2. The Morgan fingerprint density at radius 3 is 2.60 bits per heavy atom. The number of anilines is 1. The lowest BCUT2D eigenvalue weighted by molar-refractivity contribution is 0.601. The van der Waals surface area contributed by atoms with E-state index in [9.17, 15) is 8.42 Å². The zero-order chi connectivity index (χ0) is 14.9. The maximum atomic E-state index is 12.2. The maximum absolute atomic E-state index is 12.2. The standard InChI is InChI=1S/C12H10ClN3O2S2/c1-7-8(2)19-12(15-7)16-20(17,18)11-4-3-9(6-14)5-10(11)13/h3-5H,1-2H3,(H,15,16). The van der Waals surface area contributed by atoms with E-state index in [1.165, 1.54) is 29.5 Å². The van der Waals surface area contributed by atoms with Gasteiger partial charge in [0.15, 0.2) is 5.13 Å². The van der Waals surface area contributed by atoms with Crippen molar-refractivity contribution in [3.05, 3.63) is 39.4 Å². The molecule has 0 atom stereocenters. The zero-order valence-corrected chi connectivity index (χ0v) is 13.0. The van der Waals surface area contributed by atoms with Crippen molar-refractivity contribution in [3.8, 4) is 6.07 Å². The van der Waals surface area contributed by atoms with Crippen molar-refractivity contribution in [3.63, 3.8) is 0 Å². The molecule has 0 saturated carbocycles. The Morgan fingerprint density at radius 1 is 1.40 bits per heavy atom. The monoisotopic (exact) mass is 327 g/mol. The molecule has 0 aliphatic carbocycles. The molecule has 0 spiro atoms. The molecular weight excluding hydrogens is 318 g/mol. The number of halogens is 1. The van der Waals surface area contributed by atoms with E-state index in [4.69, 9.17) is 16.9 Å². The molecule has 0 amide bonds. The Bertz CT molecular complexity index is 787. The lowest BCUT2D eigenvalue weighted by Crippen LogP contribution is -2.13. The Balaban J connectivity index is 2.38. The van der Waals surface area contributed by atoms with Crippen LogP contribution in [0.5, 0.6) is 0 Å². The Hall–Kier alpha value is -1.62. The van der Waals surface area contributed by atoms with Crippen LogP contribution in [0, 0.1) is 25.2 Å². The van der Waals surface area contributed by atoms with Gasteiger partial charge in [0.1, 0.15) is 4.90 Å². The van der Waals surface area contributed by atoms with Crippen LogP contribution < -0.4 is 4.72 Å². The van der Waals surface area contributed by atoms with Gasteiger partial charge in [-0.15, -0.1) is 11.3 Å². The van der Waals surface area contributed by atoms with Crippen molar-refractivity contribution in [1.82, 2.24) is 4.98 Å². The number of nitriles is 1. The van der Waals surface area contributed by atoms with E-state index in [0.717, 1.165) is 10.6 Å². The van der Waals surface area contributed by atoms with Gasteiger partial charge < -0.3 is 0 Å². The van der Waals surface area contributed by atoms with Gasteiger partial charge in [0.05, 0.1) is 22.3 Å². The molecular formula is C12H10ClN3O2S2. The van der Waals surface area contributed by atoms with Crippen molar-refractivity contribution >= 4 is 38.1 Å². The quantitative estimate of drug-likeness (QED) is 0.939. The van der Waals surface area contributed by atoms with Gasteiger partial charge in [-0.25, -0.2) is 13.4 Å². The van der Waals surface area contributed by atoms with Crippen LogP contribution in [0.3, 0.4) is 0 Å². The number of aromatic nitrogens is 1. The molecule has 8 heteroatoms. The number of nitrogens with one attached hydrogen (secondary N) is 1. The first-order chi connectivity index (χ1) is 9.33. The van der Waals surface area contributed by atoms with Crippen LogP contribution >= 0.6 is 22.9 Å². The Labute approximate surface area is 125 Å². The summed E-state index contributed by atoms with van der Waals surface area (Å²) >= 11 is 7.16. The number of thiazole rings is 1. The average Bonchev–Trinajstić information content (AvgIpc) is 2.66. The summed E-state index contributed by atoms with van der Waals surface area (Å²) in [5.41, 5.74) is 1.08. The fraction of sp³-hybridized carbons (Fsp3) is 0.167. The van der Waals surface area contributed by atoms with E-state index in [0.29, 0.717) is 10.7 Å². The van der Waals surface area contributed by atoms with E-state index in [1.807, 2.05) is 13.0 Å². The predicted molar refractivity (Wildman–Crippen MR) is 78.6 cm³/mol. The van der Waals surface area contributed by atoms with E-state index < -0.39 is 10.0 Å². The zero-order valence-electron chi connectivity index (χ0n) is 10.6. The normalized spacial score (nSPS) is 11.1. The number of nitrogens with zero attached hydrogens (tertiary/aromatic N) is 2. The van der Waals surface area contributed by atoms with Crippen molar-refractivity contribution in [2.24, 2.45) is 0 Å². The molecule has 1 heterocycles. The number of rotatable bonds is 3. The van der Waals surface area contributed by atoms with Gasteiger partial charge in [0, 0.05) is 4.88 Å². The first kappa shape index (κ1) is 14.8.